The smallest absolute Gasteiger partial charge is 0.271 e. The lowest BCUT2D eigenvalue weighted by Crippen LogP contribution is -2.25. The number of rotatable bonds is 6. The zero-order valence-electron chi connectivity index (χ0n) is 13.5. The van der Waals surface area contributed by atoms with Crippen LogP contribution in [0.2, 0.25) is 0 Å². The minimum Gasteiger partial charge on any atom is -0.489 e. The first kappa shape index (κ1) is 16.5. The van der Waals surface area contributed by atoms with Crippen molar-refractivity contribution in [2.75, 3.05) is 7.11 Å². The fourth-order valence-electron chi connectivity index (χ4n) is 2.21. The van der Waals surface area contributed by atoms with Crippen molar-refractivity contribution in [2.24, 2.45) is 10.9 Å². The highest BCUT2D eigenvalue weighted by Gasteiger charge is 2.16. The summed E-state index contributed by atoms with van der Waals surface area (Å²) in [6.07, 6.45) is 0. The minimum absolute atomic E-state index is 0.0765. The average Bonchev–Trinajstić information content (AvgIpc) is 2.53. The Kier molecular flexibility index (Phi) is 5.36. The van der Waals surface area contributed by atoms with Crippen LogP contribution < -0.4 is 10.5 Å². The number of hydrogen-bond acceptors (Lipinski definition) is 4. The molecule has 0 atom stereocenters. The molecule has 0 aromatic heterocycles. The van der Waals surface area contributed by atoms with Crippen LogP contribution in [-0.4, -0.2) is 18.7 Å². The zero-order chi connectivity index (χ0) is 16.8. The van der Waals surface area contributed by atoms with Crippen LogP contribution >= 0.6 is 0 Å². The van der Waals surface area contributed by atoms with Gasteiger partial charge >= 0.3 is 0 Å². The summed E-state index contributed by atoms with van der Waals surface area (Å²) >= 11 is 0. The number of amides is 1. The standard InChI is InChI=1S/C18H20N2O3/c1-12-8-9-13(2)16(10-12)23-11-14-6-4-5-7-15(14)17(18(19)21)20-22-3/h4-10H,11H2,1-3H3,(H2,19,21)/b20-17-. The van der Waals surface area contributed by atoms with Gasteiger partial charge in [0.1, 0.15) is 19.5 Å². The van der Waals surface area contributed by atoms with Crippen molar-refractivity contribution in [1.82, 2.24) is 0 Å². The van der Waals surface area contributed by atoms with Gasteiger partial charge in [0.15, 0.2) is 5.71 Å². The van der Waals surface area contributed by atoms with Crippen LogP contribution in [0.15, 0.2) is 47.6 Å². The summed E-state index contributed by atoms with van der Waals surface area (Å²) in [5.74, 6) is 0.162. The number of carbonyl (C=O) groups is 1. The lowest BCUT2D eigenvalue weighted by molar-refractivity contribution is -0.112. The molecule has 2 aromatic rings. The zero-order valence-corrected chi connectivity index (χ0v) is 13.5. The number of nitrogens with zero attached hydrogens (tertiary/aromatic N) is 1. The van der Waals surface area contributed by atoms with Crippen LogP contribution in [0.3, 0.4) is 0 Å². The molecule has 0 radical (unpaired) electrons. The van der Waals surface area contributed by atoms with E-state index in [1.807, 2.05) is 50.2 Å². The van der Waals surface area contributed by atoms with E-state index >= 15 is 0 Å². The van der Waals surface area contributed by atoms with Crippen LogP contribution in [-0.2, 0) is 16.2 Å². The van der Waals surface area contributed by atoms with Gasteiger partial charge in [0.2, 0.25) is 0 Å². The molecule has 0 aliphatic carbocycles. The Labute approximate surface area is 135 Å². The predicted octanol–water partition coefficient (Wildman–Crippen LogP) is 2.72. The molecule has 0 unspecified atom stereocenters. The average molecular weight is 312 g/mol. The van der Waals surface area contributed by atoms with Gasteiger partial charge in [-0.3, -0.25) is 4.79 Å². The van der Waals surface area contributed by atoms with Gasteiger partial charge in [-0.05, 0) is 36.6 Å². The molecule has 0 fully saturated rings. The first-order chi connectivity index (χ1) is 11.0. The largest absolute Gasteiger partial charge is 0.489 e. The number of ether oxygens (including phenoxy) is 1. The predicted molar refractivity (Wildman–Crippen MR) is 89.4 cm³/mol. The second-order valence-corrected chi connectivity index (χ2v) is 5.20. The fourth-order valence-corrected chi connectivity index (χ4v) is 2.21. The molecular formula is C18H20N2O3. The first-order valence-electron chi connectivity index (χ1n) is 7.22. The molecule has 2 rings (SSSR count). The molecule has 0 saturated heterocycles. The van der Waals surface area contributed by atoms with Crippen LogP contribution in [0.1, 0.15) is 22.3 Å². The van der Waals surface area contributed by atoms with E-state index in [4.69, 9.17) is 15.3 Å². The SMILES string of the molecule is CO/N=C(\C(N)=O)c1ccccc1COc1cc(C)ccc1C. The van der Waals surface area contributed by atoms with Gasteiger partial charge in [-0.15, -0.1) is 0 Å². The highest BCUT2D eigenvalue weighted by Crippen LogP contribution is 2.21. The van der Waals surface area contributed by atoms with E-state index < -0.39 is 5.91 Å². The van der Waals surface area contributed by atoms with Crippen molar-refractivity contribution in [3.63, 3.8) is 0 Å². The van der Waals surface area contributed by atoms with Crippen LogP contribution in [0.4, 0.5) is 0 Å². The van der Waals surface area contributed by atoms with Crippen molar-refractivity contribution >= 4 is 11.6 Å². The van der Waals surface area contributed by atoms with Crippen LogP contribution in [0.5, 0.6) is 5.75 Å². The number of benzene rings is 2. The molecule has 23 heavy (non-hydrogen) atoms. The maximum absolute atomic E-state index is 11.6. The normalized spacial score (nSPS) is 11.2. The van der Waals surface area contributed by atoms with Gasteiger partial charge in [-0.2, -0.15) is 0 Å². The van der Waals surface area contributed by atoms with Crippen molar-refractivity contribution in [3.8, 4) is 5.75 Å². The third-order valence-corrected chi connectivity index (χ3v) is 3.42. The maximum Gasteiger partial charge on any atom is 0.271 e. The van der Waals surface area contributed by atoms with Gasteiger partial charge in [-0.25, -0.2) is 0 Å². The van der Waals surface area contributed by atoms with E-state index in [1.165, 1.54) is 7.11 Å². The third kappa shape index (κ3) is 4.10. The molecule has 0 saturated carbocycles. The summed E-state index contributed by atoms with van der Waals surface area (Å²) in [5, 5.41) is 3.73. The van der Waals surface area contributed by atoms with Crippen molar-refractivity contribution in [3.05, 3.63) is 64.7 Å². The second kappa shape index (κ2) is 7.45. The van der Waals surface area contributed by atoms with Crippen molar-refractivity contribution in [2.45, 2.75) is 20.5 Å². The van der Waals surface area contributed by atoms with E-state index in [2.05, 4.69) is 5.16 Å². The molecule has 0 aliphatic heterocycles. The van der Waals surface area contributed by atoms with E-state index in [9.17, 15) is 4.79 Å². The Bertz CT molecular complexity index is 739. The topological polar surface area (TPSA) is 73.9 Å². The van der Waals surface area contributed by atoms with E-state index in [0.29, 0.717) is 12.2 Å². The molecule has 2 N–H and O–H groups in total. The van der Waals surface area contributed by atoms with E-state index in [-0.39, 0.29) is 5.71 Å². The first-order valence-corrected chi connectivity index (χ1v) is 7.22. The molecule has 5 nitrogen and oxygen atoms in total. The summed E-state index contributed by atoms with van der Waals surface area (Å²) in [6.45, 7) is 4.30. The molecular weight excluding hydrogens is 292 g/mol. The molecule has 0 spiro atoms. The van der Waals surface area contributed by atoms with Crippen molar-refractivity contribution in [1.29, 1.82) is 0 Å². The molecule has 0 heterocycles. The van der Waals surface area contributed by atoms with Crippen LogP contribution in [0, 0.1) is 13.8 Å². The van der Waals surface area contributed by atoms with Gasteiger partial charge in [0.05, 0.1) is 0 Å². The number of carbonyl (C=O) groups excluding carboxylic acids is 1. The summed E-state index contributed by atoms with van der Waals surface area (Å²) in [7, 11) is 1.37. The van der Waals surface area contributed by atoms with Crippen molar-refractivity contribution < 1.29 is 14.4 Å². The maximum atomic E-state index is 11.6. The summed E-state index contributed by atoms with van der Waals surface area (Å²) in [6, 6.07) is 13.3. The summed E-state index contributed by atoms with van der Waals surface area (Å²) < 4.78 is 5.90. The molecule has 2 aromatic carbocycles. The number of hydrogen-bond donors (Lipinski definition) is 1. The quantitative estimate of drug-likeness (QED) is 0.658. The Morgan fingerprint density at radius 2 is 1.91 bits per heavy atom. The second-order valence-electron chi connectivity index (χ2n) is 5.20. The Morgan fingerprint density at radius 1 is 1.17 bits per heavy atom. The fraction of sp³-hybridized carbons (Fsp3) is 0.222. The Hall–Kier alpha value is -2.82. The third-order valence-electron chi connectivity index (χ3n) is 3.42. The van der Waals surface area contributed by atoms with Gasteiger partial charge < -0.3 is 15.3 Å². The van der Waals surface area contributed by atoms with Crippen LogP contribution in [0.25, 0.3) is 0 Å². The van der Waals surface area contributed by atoms with Gasteiger partial charge in [0, 0.05) is 5.56 Å². The monoisotopic (exact) mass is 312 g/mol. The van der Waals surface area contributed by atoms with Gasteiger partial charge in [0.25, 0.3) is 5.91 Å². The van der Waals surface area contributed by atoms with E-state index in [1.54, 1.807) is 6.07 Å². The summed E-state index contributed by atoms with van der Waals surface area (Å²) in [4.78, 5) is 16.3. The molecule has 0 aliphatic rings. The Morgan fingerprint density at radius 3 is 2.61 bits per heavy atom. The Balaban J connectivity index is 2.29. The number of aryl methyl sites for hydroxylation is 2. The van der Waals surface area contributed by atoms with Gasteiger partial charge in [-0.1, -0.05) is 41.6 Å². The molecule has 0 bridgehead atoms. The lowest BCUT2D eigenvalue weighted by atomic mass is 10.0. The number of oxime groups is 1. The molecule has 1 amide bonds. The minimum atomic E-state index is -0.647. The number of nitrogens with two attached hydrogens (primary N) is 1. The van der Waals surface area contributed by atoms with E-state index in [0.717, 1.165) is 22.4 Å². The molecule has 120 valence electrons. The highest BCUT2D eigenvalue weighted by atomic mass is 16.6. The molecule has 5 heteroatoms. The lowest BCUT2D eigenvalue weighted by Gasteiger charge is -2.13. The number of primary amides is 1. The highest BCUT2D eigenvalue weighted by molar-refractivity contribution is 6.45. The summed E-state index contributed by atoms with van der Waals surface area (Å²) in [5.41, 5.74) is 9.05.